The molecule has 3 fully saturated rings. The summed E-state index contributed by atoms with van der Waals surface area (Å²) >= 11 is 0. The van der Waals surface area contributed by atoms with Gasteiger partial charge in [0, 0.05) is 22.5 Å². The highest BCUT2D eigenvalue weighted by Crippen LogP contribution is 2.54. The largest absolute Gasteiger partial charge is 0.310 e. The van der Waals surface area contributed by atoms with Crippen molar-refractivity contribution in [3.63, 3.8) is 0 Å². The lowest BCUT2D eigenvalue weighted by Gasteiger charge is -2.33. The van der Waals surface area contributed by atoms with Crippen molar-refractivity contribution in [1.82, 2.24) is 0 Å². The molecule has 5 aromatic carbocycles. The number of benzene rings is 5. The van der Waals surface area contributed by atoms with E-state index in [1.54, 1.807) is 5.56 Å². The molecule has 47 heavy (non-hydrogen) atoms. The zero-order valence-corrected chi connectivity index (χ0v) is 28.1. The first kappa shape index (κ1) is 29.1. The second kappa shape index (κ2) is 11.6. The molecule has 1 nitrogen and oxygen atoms in total. The Morgan fingerprint density at radius 1 is 0.574 bits per heavy atom. The molecule has 2 bridgehead atoms. The van der Waals surface area contributed by atoms with Crippen molar-refractivity contribution in [2.24, 2.45) is 11.8 Å². The summed E-state index contributed by atoms with van der Waals surface area (Å²) in [6.45, 7) is 4.83. The van der Waals surface area contributed by atoms with E-state index in [4.69, 9.17) is 0 Å². The summed E-state index contributed by atoms with van der Waals surface area (Å²) in [5.41, 5.74) is 15.1. The molecule has 0 aliphatic heterocycles. The summed E-state index contributed by atoms with van der Waals surface area (Å²) in [6.07, 6.45) is 12.4. The Bertz CT molecular complexity index is 1910. The maximum absolute atomic E-state index is 2.59. The molecule has 9 rings (SSSR count). The molecule has 5 aromatic rings. The first-order valence-electron chi connectivity index (χ1n) is 18.4. The van der Waals surface area contributed by atoms with Crippen molar-refractivity contribution in [3.05, 3.63) is 138 Å². The third-order valence-electron chi connectivity index (χ3n) is 12.6. The molecule has 4 aliphatic rings. The molecule has 0 radical (unpaired) electrons. The smallest absolute Gasteiger partial charge is 0.0496 e. The van der Waals surface area contributed by atoms with Gasteiger partial charge >= 0.3 is 0 Å². The van der Waals surface area contributed by atoms with Crippen molar-refractivity contribution in [2.75, 3.05) is 4.90 Å². The predicted molar refractivity (Wildman–Crippen MR) is 198 cm³/mol. The minimum atomic E-state index is -0.0916. The molecule has 236 valence electrons. The van der Waals surface area contributed by atoms with Crippen LogP contribution in [0.3, 0.4) is 0 Å². The number of hydrogen-bond acceptors (Lipinski definition) is 1. The van der Waals surface area contributed by atoms with E-state index in [0.717, 1.165) is 17.8 Å². The van der Waals surface area contributed by atoms with Crippen LogP contribution in [0, 0.1) is 11.8 Å². The molecule has 0 aromatic heterocycles. The van der Waals surface area contributed by atoms with Gasteiger partial charge in [0.25, 0.3) is 0 Å². The van der Waals surface area contributed by atoms with Crippen molar-refractivity contribution < 1.29 is 0 Å². The van der Waals surface area contributed by atoms with Gasteiger partial charge in [-0.3, -0.25) is 0 Å². The van der Waals surface area contributed by atoms with Crippen LogP contribution in [0.5, 0.6) is 0 Å². The van der Waals surface area contributed by atoms with Gasteiger partial charge in [0.2, 0.25) is 0 Å². The van der Waals surface area contributed by atoms with Gasteiger partial charge in [-0.25, -0.2) is 0 Å². The fraction of sp³-hybridized carbons (Fsp3) is 0.348. The monoisotopic (exact) mass is 613 g/mol. The Kier molecular flexibility index (Phi) is 7.14. The van der Waals surface area contributed by atoms with Crippen LogP contribution in [0.2, 0.25) is 0 Å². The van der Waals surface area contributed by atoms with Crippen molar-refractivity contribution in [1.29, 1.82) is 0 Å². The van der Waals surface area contributed by atoms with Gasteiger partial charge in [0.15, 0.2) is 0 Å². The summed E-state index contributed by atoms with van der Waals surface area (Å²) in [5, 5.41) is 0. The Labute approximate surface area is 281 Å². The van der Waals surface area contributed by atoms with Crippen LogP contribution in [-0.4, -0.2) is 0 Å². The van der Waals surface area contributed by atoms with Crippen LogP contribution < -0.4 is 4.90 Å². The number of fused-ring (bicyclic) bond motifs is 5. The third-order valence-corrected chi connectivity index (χ3v) is 12.6. The van der Waals surface area contributed by atoms with Gasteiger partial charge in [0.05, 0.1) is 0 Å². The van der Waals surface area contributed by atoms with Gasteiger partial charge in [0.1, 0.15) is 0 Å². The van der Waals surface area contributed by atoms with Crippen LogP contribution in [0.4, 0.5) is 17.1 Å². The fourth-order valence-corrected chi connectivity index (χ4v) is 10.1. The normalized spacial score (nSPS) is 22.6. The van der Waals surface area contributed by atoms with Crippen molar-refractivity contribution in [3.8, 4) is 22.3 Å². The predicted octanol–water partition coefficient (Wildman–Crippen LogP) is 13.1. The number of nitrogens with zero attached hydrogens (tertiary/aromatic N) is 1. The van der Waals surface area contributed by atoms with Crippen LogP contribution in [0.15, 0.2) is 115 Å². The molecular formula is C46H47N. The van der Waals surface area contributed by atoms with Gasteiger partial charge in [-0.15, -0.1) is 0 Å². The maximum Gasteiger partial charge on any atom is 0.0496 e. The highest BCUT2D eigenvalue weighted by Gasteiger charge is 2.40. The summed E-state index contributed by atoms with van der Waals surface area (Å²) in [5.74, 6) is 3.25. The fourth-order valence-electron chi connectivity index (χ4n) is 10.1. The quantitative estimate of drug-likeness (QED) is 0.184. The molecule has 3 saturated carbocycles. The Morgan fingerprint density at radius 3 is 2.02 bits per heavy atom. The van der Waals surface area contributed by atoms with Crippen LogP contribution >= 0.6 is 0 Å². The zero-order valence-electron chi connectivity index (χ0n) is 28.1. The topological polar surface area (TPSA) is 3.24 Å². The van der Waals surface area contributed by atoms with Crippen molar-refractivity contribution >= 4 is 17.1 Å². The van der Waals surface area contributed by atoms with Crippen molar-refractivity contribution in [2.45, 2.75) is 88.9 Å². The molecule has 3 unspecified atom stereocenters. The summed E-state index contributed by atoms with van der Waals surface area (Å²) in [6, 6.07) is 44.3. The van der Waals surface area contributed by atoms with Gasteiger partial charge in [-0.05, 0) is 137 Å². The Morgan fingerprint density at radius 2 is 1.28 bits per heavy atom. The average molecular weight is 614 g/mol. The molecular weight excluding hydrogens is 567 g/mol. The Balaban J connectivity index is 1.14. The first-order chi connectivity index (χ1) is 23.0. The van der Waals surface area contributed by atoms with E-state index in [2.05, 4.69) is 134 Å². The Hall–Kier alpha value is -4.10. The molecule has 3 atom stereocenters. The highest BCUT2D eigenvalue weighted by molar-refractivity contribution is 5.87. The van der Waals surface area contributed by atoms with Crippen LogP contribution in [0.1, 0.15) is 106 Å². The van der Waals surface area contributed by atoms with Gasteiger partial charge in [-0.2, -0.15) is 0 Å². The van der Waals surface area contributed by atoms with E-state index in [9.17, 15) is 0 Å². The lowest BCUT2D eigenvalue weighted by atomic mass is 9.81. The standard InChI is InChI=1S/C46H47N/c1-46(2)43-29-35(32-11-5-3-6-12-32)21-25-40(43)41-26-24-38(30-44(41)46)47(45-16-10-9-15-39(45)33-13-7-4-8-14-33)37-22-19-34(20-23-37)42-28-31-17-18-36(42)27-31/h3,5-6,9-12,15-16,19-26,29-31,33,36,42H,4,7-8,13-14,17-18,27-28H2,1-2H3. The number of para-hydroxylation sites is 1. The summed E-state index contributed by atoms with van der Waals surface area (Å²) < 4.78 is 0. The second-order valence-electron chi connectivity index (χ2n) is 15.6. The summed E-state index contributed by atoms with van der Waals surface area (Å²) in [7, 11) is 0. The molecule has 0 amide bonds. The molecule has 4 aliphatic carbocycles. The molecule has 0 spiro atoms. The highest BCUT2D eigenvalue weighted by atomic mass is 15.1. The summed E-state index contributed by atoms with van der Waals surface area (Å²) in [4.78, 5) is 2.59. The van der Waals surface area contributed by atoms with E-state index >= 15 is 0 Å². The van der Waals surface area contributed by atoms with E-state index in [1.165, 1.54) is 114 Å². The van der Waals surface area contributed by atoms with E-state index in [1.807, 2.05) is 0 Å². The number of hydrogen-bond donors (Lipinski definition) is 0. The molecule has 0 saturated heterocycles. The minimum absolute atomic E-state index is 0.0916. The third kappa shape index (κ3) is 4.97. The average Bonchev–Trinajstić information content (AvgIpc) is 3.82. The first-order valence-corrected chi connectivity index (χ1v) is 18.4. The molecule has 1 heteroatoms. The lowest BCUT2D eigenvalue weighted by molar-refractivity contribution is 0.420. The van der Waals surface area contributed by atoms with Gasteiger partial charge in [-0.1, -0.05) is 118 Å². The molecule has 0 N–H and O–H groups in total. The van der Waals surface area contributed by atoms with Crippen LogP contribution in [-0.2, 0) is 5.41 Å². The lowest BCUT2D eigenvalue weighted by Crippen LogP contribution is -2.18. The minimum Gasteiger partial charge on any atom is -0.310 e. The van der Waals surface area contributed by atoms with E-state index < -0.39 is 0 Å². The van der Waals surface area contributed by atoms with E-state index in [0.29, 0.717) is 5.92 Å². The second-order valence-corrected chi connectivity index (χ2v) is 15.6. The van der Waals surface area contributed by atoms with Crippen LogP contribution in [0.25, 0.3) is 22.3 Å². The van der Waals surface area contributed by atoms with Gasteiger partial charge < -0.3 is 4.90 Å². The van der Waals surface area contributed by atoms with E-state index in [-0.39, 0.29) is 5.41 Å². The number of rotatable bonds is 6. The SMILES string of the molecule is CC1(C)c2cc(-c3ccccc3)ccc2-c2ccc(N(c3ccc(C4CC5CCC4C5)cc3)c3ccccc3C3CCCCC3)cc21. The maximum atomic E-state index is 2.59. The zero-order chi connectivity index (χ0) is 31.5. The number of anilines is 3. The molecule has 0 heterocycles.